The molecule has 24 heavy (non-hydrogen) atoms. The number of anilines is 2. The first-order valence-electron chi connectivity index (χ1n) is 7.21. The average Bonchev–Trinajstić information content (AvgIpc) is 2.53. The first kappa shape index (κ1) is 15.9. The Morgan fingerprint density at radius 1 is 1.25 bits per heavy atom. The van der Waals surface area contributed by atoms with Crippen molar-refractivity contribution in [2.75, 3.05) is 17.7 Å². The maximum atomic E-state index is 13.7. The van der Waals surface area contributed by atoms with Crippen molar-refractivity contribution in [3.63, 3.8) is 0 Å². The van der Waals surface area contributed by atoms with E-state index in [1.165, 1.54) is 37.4 Å². The fourth-order valence-corrected chi connectivity index (χ4v) is 2.64. The molecule has 0 bridgehead atoms. The summed E-state index contributed by atoms with van der Waals surface area (Å²) in [6, 6.07) is 7.87. The Morgan fingerprint density at radius 3 is 2.75 bits per heavy atom. The molecule has 1 atom stereocenters. The molecule has 1 aliphatic rings. The molecular formula is C17H14F2N2O3. The molecule has 0 spiro atoms. The molecule has 0 radical (unpaired) electrons. The van der Waals surface area contributed by atoms with Gasteiger partial charge in [-0.2, -0.15) is 0 Å². The largest absolute Gasteiger partial charge is 0.494 e. The Morgan fingerprint density at radius 2 is 2.04 bits per heavy atom. The fourth-order valence-electron chi connectivity index (χ4n) is 2.64. The van der Waals surface area contributed by atoms with Gasteiger partial charge in [-0.25, -0.2) is 8.78 Å². The minimum atomic E-state index is -0.778. The molecule has 2 aromatic carbocycles. The number of ether oxygens (including phenoxy) is 1. The number of methoxy groups -OCH3 is 1. The monoisotopic (exact) mass is 332 g/mol. The lowest BCUT2D eigenvalue weighted by molar-refractivity contribution is -0.123. The van der Waals surface area contributed by atoms with Crippen molar-refractivity contribution in [2.24, 2.45) is 0 Å². The molecule has 7 heteroatoms. The Hall–Kier alpha value is -2.96. The number of nitrogens with one attached hydrogen (secondary N) is 2. The van der Waals surface area contributed by atoms with Gasteiger partial charge in [0.05, 0.1) is 13.0 Å². The van der Waals surface area contributed by atoms with Gasteiger partial charge in [0.1, 0.15) is 5.82 Å². The third kappa shape index (κ3) is 3.05. The molecule has 0 saturated carbocycles. The van der Waals surface area contributed by atoms with E-state index >= 15 is 0 Å². The Bertz CT molecular complexity index is 823. The highest BCUT2D eigenvalue weighted by Crippen LogP contribution is 2.33. The lowest BCUT2D eigenvalue weighted by atomic mass is 9.89. The van der Waals surface area contributed by atoms with Gasteiger partial charge in [-0.3, -0.25) is 9.59 Å². The number of halogens is 2. The smallest absolute Gasteiger partial charge is 0.232 e. The Balaban J connectivity index is 1.85. The molecule has 124 valence electrons. The number of hydrogen-bond donors (Lipinski definition) is 2. The summed E-state index contributed by atoms with van der Waals surface area (Å²) in [5.41, 5.74) is 1.03. The van der Waals surface area contributed by atoms with Gasteiger partial charge < -0.3 is 15.4 Å². The van der Waals surface area contributed by atoms with Gasteiger partial charge in [0.2, 0.25) is 11.8 Å². The molecule has 5 nitrogen and oxygen atoms in total. The quantitative estimate of drug-likeness (QED) is 0.908. The van der Waals surface area contributed by atoms with Crippen LogP contribution in [-0.2, 0) is 9.59 Å². The van der Waals surface area contributed by atoms with Crippen LogP contribution in [0.25, 0.3) is 0 Å². The lowest BCUT2D eigenvalue weighted by Crippen LogP contribution is -2.30. The molecule has 2 aromatic rings. The number of carbonyl (C=O) groups is 2. The number of hydrogen-bond acceptors (Lipinski definition) is 3. The van der Waals surface area contributed by atoms with Crippen molar-refractivity contribution in [3.05, 3.63) is 53.6 Å². The molecule has 1 heterocycles. The van der Waals surface area contributed by atoms with E-state index in [2.05, 4.69) is 10.6 Å². The normalized spacial score (nSPS) is 16.1. The van der Waals surface area contributed by atoms with E-state index in [-0.39, 0.29) is 29.5 Å². The zero-order chi connectivity index (χ0) is 17.3. The standard InChI is InChI=1S/C17H14F2N2O3/c1-24-15-5-3-10(7-13(15)19)20-17(23)12-8-16(22)21-14-6-9(18)2-4-11(12)14/h2-7,12H,8H2,1H3,(H,20,23)(H,21,22)/t12-/m1/s1. The summed E-state index contributed by atoms with van der Waals surface area (Å²) in [7, 11) is 1.34. The summed E-state index contributed by atoms with van der Waals surface area (Å²) >= 11 is 0. The Labute approximate surface area is 136 Å². The van der Waals surface area contributed by atoms with Crippen LogP contribution in [0.15, 0.2) is 36.4 Å². The second-order valence-electron chi connectivity index (χ2n) is 5.38. The van der Waals surface area contributed by atoms with Crippen molar-refractivity contribution >= 4 is 23.2 Å². The first-order valence-corrected chi connectivity index (χ1v) is 7.21. The number of carbonyl (C=O) groups excluding carboxylic acids is 2. The van der Waals surface area contributed by atoms with Gasteiger partial charge in [0.25, 0.3) is 0 Å². The van der Waals surface area contributed by atoms with E-state index in [4.69, 9.17) is 4.74 Å². The molecule has 0 aromatic heterocycles. The lowest BCUT2D eigenvalue weighted by Gasteiger charge is -2.25. The fraction of sp³-hybridized carbons (Fsp3) is 0.176. The van der Waals surface area contributed by atoms with Crippen LogP contribution < -0.4 is 15.4 Å². The van der Waals surface area contributed by atoms with Gasteiger partial charge in [-0.15, -0.1) is 0 Å². The van der Waals surface area contributed by atoms with E-state index in [1.54, 1.807) is 0 Å². The number of amides is 2. The van der Waals surface area contributed by atoms with E-state index in [0.29, 0.717) is 5.56 Å². The van der Waals surface area contributed by atoms with Crippen molar-refractivity contribution in [1.82, 2.24) is 0 Å². The molecule has 0 saturated heterocycles. The van der Waals surface area contributed by atoms with Gasteiger partial charge in [0.15, 0.2) is 11.6 Å². The van der Waals surface area contributed by atoms with Gasteiger partial charge in [-0.1, -0.05) is 6.07 Å². The number of rotatable bonds is 3. The average molecular weight is 332 g/mol. The molecule has 1 aliphatic heterocycles. The van der Waals surface area contributed by atoms with Crippen LogP contribution >= 0.6 is 0 Å². The van der Waals surface area contributed by atoms with Crippen LogP contribution in [0.4, 0.5) is 20.2 Å². The molecular weight excluding hydrogens is 318 g/mol. The van der Waals surface area contributed by atoms with Crippen molar-refractivity contribution in [3.8, 4) is 5.75 Å². The zero-order valence-corrected chi connectivity index (χ0v) is 12.7. The maximum Gasteiger partial charge on any atom is 0.232 e. The topological polar surface area (TPSA) is 67.4 Å². The molecule has 0 fully saturated rings. The minimum Gasteiger partial charge on any atom is -0.494 e. The predicted octanol–water partition coefficient (Wildman–Crippen LogP) is 3.04. The van der Waals surface area contributed by atoms with Crippen molar-refractivity contribution in [2.45, 2.75) is 12.3 Å². The molecule has 2 N–H and O–H groups in total. The third-order valence-corrected chi connectivity index (χ3v) is 3.79. The first-order chi connectivity index (χ1) is 11.5. The highest BCUT2D eigenvalue weighted by atomic mass is 19.1. The van der Waals surface area contributed by atoms with Gasteiger partial charge in [0, 0.05) is 23.9 Å². The summed E-state index contributed by atoms with van der Waals surface area (Å²) in [5.74, 6) is -2.69. The third-order valence-electron chi connectivity index (χ3n) is 3.79. The van der Waals surface area contributed by atoms with Crippen LogP contribution in [0.1, 0.15) is 17.9 Å². The van der Waals surface area contributed by atoms with E-state index in [0.717, 1.165) is 6.07 Å². The van der Waals surface area contributed by atoms with Gasteiger partial charge in [-0.05, 0) is 29.8 Å². The summed E-state index contributed by atoms with van der Waals surface area (Å²) < 4.78 is 31.8. The summed E-state index contributed by atoms with van der Waals surface area (Å²) in [5, 5.41) is 5.11. The molecule has 0 unspecified atom stereocenters. The SMILES string of the molecule is COc1ccc(NC(=O)[C@@H]2CC(=O)Nc3cc(F)ccc32)cc1F. The van der Waals surface area contributed by atoms with E-state index in [1.807, 2.05) is 0 Å². The summed E-state index contributed by atoms with van der Waals surface area (Å²) in [4.78, 5) is 24.2. The predicted molar refractivity (Wildman–Crippen MR) is 84.0 cm³/mol. The van der Waals surface area contributed by atoms with Crippen molar-refractivity contribution < 1.29 is 23.1 Å². The molecule has 2 amide bonds. The summed E-state index contributed by atoms with van der Waals surface area (Å²) in [6.45, 7) is 0. The minimum absolute atomic E-state index is 0.0610. The second-order valence-corrected chi connectivity index (χ2v) is 5.38. The van der Waals surface area contributed by atoms with E-state index < -0.39 is 23.5 Å². The zero-order valence-electron chi connectivity index (χ0n) is 12.7. The van der Waals surface area contributed by atoms with Crippen LogP contribution in [0.2, 0.25) is 0 Å². The van der Waals surface area contributed by atoms with Crippen LogP contribution in [0.5, 0.6) is 5.75 Å². The molecule has 3 rings (SSSR count). The molecule has 0 aliphatic carbocycles. The van der Waals surface area contributed by atoms with Gasteiger partial charge >= 0.3 is 0 Å². The van der Waals surface area contributed by atoms with Crippen LogP contribution in [-0.4, -0.2) is 18.9 Å². The van der Waals surface area contributed by atoms with Crippen molar-refractivity contribution in [1.29, 1.82) is 0 Å². The maximum absolute atomic E-state index is 13.7. The van der Waals surface area contributed by atoms with Crippen LogP contribution in [0.3, 0.4) is 0 Å². The van der Waals surface area contributed by atoms with E-state index in [9.17, 15) is 18.4 Å². The highest BCUT2D eigenvalue weighted by molar-refractivity contribution is 6.05. The number of fused-ring (bicyclic) bond motifs is 1. The Kier molecular flexibility index (Phi) is 4.16. The van der Waals surface area contributed by atoms with Crippen LogP contribution in [0, 0.1) is 11.6 Å². The summed E-state index contributed by atoms with van der Waals surface area (Å²) in [6.07, 6.45) is -0.0664. The highest BCUT2D eigenvalue weighted by Gasteiger charge is 2.31. The number of benzene rings is 2. The second kappa shape index (κ2) is 6.27.